The van der Waals surface area contributed by atoms with E-state index in [1.165, 1.54) is 31.2 Å². The molecular formula is C12H17NO. The fraction of sp³-hybridized carbons (Fsp3) is 0.500. The van der Waals surface area contributed by atoms with E-state index in [0.29, 0.717) is 5.92 Å². The van der Waals surface area contributed by atoms with Crippen molar-refractivity contribution in [1.82, 2.24) is 0 Å². The average molecular weight is 191 g/mol. The minimum atomic E-state index is 0.108. The van der Waals surface area contributed by atoms with Crippen molar-refractivity contribution in [1.29, 1.82) is 0 Å². The highest BCUT2D eigenvalue weighted by atomic mass is 16.3. The summed E-state index contributed by atoms with van der Waals surface area (Å²) in [7, 11) is 0. The fourth-order valence-electron chi connectivity index (χ4n) is 2.40. The van der Waals surface area contributed by atoms with Crippen molar-refractivity contribution in [3.05, 3.63) is 29.3 Å². The minimum Gasteiger partial charge on any atom is -0.399 e. The largest absolute Gasteiger partial charge is 0.399 e. The Balaban J connectivity index is 2.31. The molecule has 0 unspecified atom stereocenters. The summed E-state index contributed by atoms with van der Waals surface area (Å²) in [5, 5.41) is 9.25. The number of nitrogen functional groups attached to an aromatic ring is 1. The molecule has 1 aliphatic carbocycles. The van der Waals surface area contributed by atoms with E-state index < -0.39 is 0 Å². The van der Waals surface area contributed by atoms with Crippen LogP contribution in [0.1, 0.15) is 42.7 Å². The Morgan fingerprint density at radius 2 is 2.00 bits per heavy atom. The molecular weight excluding hydrogens is 174 g/mol. The molecule has 1 saturated carbocycles. The maximum absolute atomic E-state index is 9.25. The van der Waals surface area contributed by atoms with Crippen LogP contribution >= 0.6 is 0 Å². The second kappa shape index (κ2) is 4.01. The molecule has 0 saturated heterocycles. The summed E-state index contributed by atoms with van der Waals surface area (Å²) >= 11 is 0. The van der Waals surface area contributed by atoms with Crippen LogP contribution in [0.2, 0.25) is 0 Å². The van der Waals surface area contributed by atoms with Gasteiger partial charge in [-0.1, -0.05) is 18.9 Å². The molecule has 0 aromatic heterocycles. The summed E-state index contributed by atoms with van der Waals surface area (Å²) in [5.74, 6) is 0.651. The number of hydrogen-bond donors (Lipinski definition) is 2. The lowest BCUT2D eigenvalue weighted by Gasteiger charge is -2.14. The zero-order chi connectivity index (χ0) is 9.97. The van der Waals surface area contributed by atoms with Gasteiger partial charge in [-0.15, -0.1) is 0 Å². The van der Waals surface area contributed by atoms with E-state index >= 15 is 0 Å². The molecule has 0 atom stereocenters. The van der Waals surface area contributed by atoms with E-state index in [2.05, 4.69) is 6.07 Å². The van der Waals surface area contributed by atoms with E-state index in [1.807, 2.05) is 12.1 Å². The molecule has 0 spiro atoms. The molecule has 1 aromatic carbocycles. The first-order valence-corrected chi connectivity index (χ1v) is 5.30. The number of benzene rings is 1. The average Bonchev–Trinajstić information content (AvgIpc) is 2.70. The van der Waals surface area contributed by atoms with Gasteiger partial charge in [-0.05, 0) is 42.0 Å². The zero-order valence-corrected chi connectivity index (χ0v) is 8.37. The van der Waals surface area contributed by atoms with Crippen LogP contribution in [0.15, 0.2) is 18.2 Å². The monoisotopic (exact) mass is 191 g/mol. The van der Waals surface area contributed by atoms with Crippen molar-refractivity contribution in [2.24, 2.45) is 0 Å². The Bertz CT molecular complexity index is 316. The number of aliphatic hydroxyl groups is 1. The number of aliphatic hydroxyl groups excluding tert-OH is 1. The SMILES string of the molecule is Nc1ccc(C2CCCC2)c(CO)c1. The molecule has 2 nitrogen and oxygen atoms in total. The van der Waals surface area contributed by atoms with E-state index in [-0.39, 0.29) is 6.61 Å². The smallest absolute Gasteiger partial charge is 0.0685 e. The van der Waals surface area contributed by atoms with Gasteiger partial charge in [-0.3, -0.25) is 0 Å². The summed E-state index contributed by atoms with van der Waals surface area (Å²) < 4.78 is 0. The van der Waals surface area contributed by atoms with Crippen LogP contribution in [0.3, 0.4) is 0 Å². The third-order valence-corrected chi connectivity index (χ3v) is 3.13. The standard InChI is InChI=1S/C12H17NO/c13-11-5-6-12(10(7-11)8-14)9-3-1-2-4-9/h5-7,9,14H,1-4,8,13H2. The lowest BCUT2D eigenvalue weighted by molar-refractivity contribution is 0.280. The highest BCUT2D eigenvalue weighted by molar-refractivity contribution is 5.45. The zero-order valence-electron chi connectivity index (χ0n) is 8.37. The predicted molar refractivity (Wildman–Crippen MR) is 58.0 cm³/mol. The minimum absolute atomic E-state index is 0.108. The van der Waals surface area contributed by atoms with Crippen molar-refractivity contribution in [2.45, 2.75) is 38.2 Å². The first-order chi connectivity index (χ1) is 6.81. The maximum Gasteiger partial charge on any atom is 0.0685 e. The Hall–Kier alpha value is -1.02. The molecule has 14 heavy (non-hydrogen) atoms. The second-order valence-corrected chi connectivity index (χ2v) is 4.10. The Labute approximate surface area is 84.7 Å². The van der Waals surface area contributed by atoms with Gasteiger partial charge in [0, 0.05) is 5.69 Å². The fourth-order valence-corrected chi connectivity index (χ4v) is 2.40. The lowest BCUT2D eigenvalue weighted by atomic mass is 9.93. The van der Waals surface area contributed by atoms with Crippen LogP contribution < -0.4 is 5.73 Å². The van der Waals surface area contributed by atoms with E-state index in [1.54, 1.807) is 0 Å². The summed E-state index contributed by atoms with van der Waals surface area (Å²) in [6.07, 6.45) is 5.16. The summed E-state index contributed by atoms with van der Waals surface area (Å²) in [6.45, 7) is 0.108. The molecule has 0 radical (unpaired) electrons. The van der Waals surface area contributed by atoms with Crippen LogP contribution in [0, 0.1) is 0 Å². The third-order valence-electron chi connectivity index (χ3n) is 3.13. The van der Waals surface area contributed by atoms with Crippen LogP contribution in [-0.4, -0.2) is 5.11 Å². The molecule has 1 fully saturated rings. The van der Waals surface area contributed by atoms with Gasteiger partial charge in [0.2, 0.25) is 0 Å². The van der Waals surface area contributed by atoms with Gasteiger partial charge in [0.15, 0.2) is 0 Å². The first kappa shape index (κ1) is 9.53. The Morgan fingerprint density at radius 3 is 2.64 bits per heavy atom. The molecule has 0 heterocycles. The number of nitrogens with two attached hydrogens (primary N) is 1. The van der Waals surface area contributed by atoms with Crippen molar-refractivity contribution >= 4 is 5.69 Å². The molecule has 2 rings (SSSR count). The van der Waals surface area contributed by atoms with E-state index in [9.17, 15) is 5.11 Å². The normalized spacial score (nSPS) is 17.5. The molecule has 0 amide bonds. The molecule has 1 aromatic rings. The van der Waals surface area contributed by atoms with Crippen LogP contribution in [-0.2, 0) is 6.61 Å². The Morgan fingerprint density at radius 1 is 1.29 bits per heavy atom. The number of hydrogen-bond acceptors (Lipinski definition) is 2. The van der Waals surface area contributed by atoms with Gasteiger partial charge >= 0.3 is 0 Å². The van der Waals surface area contributed by atoms with Crippen LogP contribution in [0.4, 0.5) is 5.69 Å². The highest BCUT2D eigenvalue weighted by Crippen LogP contribution is 2.36. The quantitative estimate of drug-likeness (QED) is 0.705. The van der Waals surface area contributed by atoms with Crippen molar-refractivity contribution in [2.75, 3.05) is 5.73 Å². The summed E-state index contributed by atoms with van der Waals surface area (Å²) in [6, 6.07) is 5.91. The summed E-state index contributed by atoms with van der Waals surface area (Å²) in [5.41, 5.74) is 8.75. The van der Waals surface area contributed by atoms with Gasteiger partial charge < -0.3 is 10.8 Å². The van der Waals surface area contributed by atoms with Gasteiger partial charge in [-0.25, -0.2) is 0 Å². The topological polar surface area (TPSA) is 46.2 Å². The molecule has 2 heteroatoms. The molecule has 1 aliphatic rings. The molecule has 0 aliphatic heterocycles. The van der Waals surface area contributed by atoms with E-state index in [4.69, 9.17) is 5.73 Å². The van der Waals surface area contributed by atoms with Crippen molar-refractivity contribution in [3.63, 3.8) is 0 Å². The summed E-state index contributed by atoms with van der Waals surface area (Å²) in [4.78, 5) is 0. The van der Waals surface area contributed by atoms with Gasteiger partial charge in [0.25, 0.3) is 0 Å². The third kappa shape index (κ3) is 1.75. The van der Waals surface area contributed by atoms with Gasteiger partial charge in [0.1, 0.15) is 0 Å². The van der Waals surface area contributed by atoms with Gasteiger partial charge in [-0.2, -0.15) is 0 Å². The number of anilines is 1. The molecule has 76 valence electrons. The predicted octanol–water partition coefficient (Wildman–Crippen LogP) is 2.42. The van der Waals surface area contributed by atoms with Gasteiger partial charge in [0.05, 0.1) is 6.61 Å². The van der Waals surface area contributed by atoms with Crippen LogP contribution in [0.5, 0.6) is 0 Å². The second-order valence-electron chi connectivity index (χ2n) is 4.10. The van der Waals surface area contributed by atoms with E-state index in [0.717, 1.165) is 11.3 Å². The molecule has 0 bridgehead atoms. The first-order valence-electron chi connectivity index (χ1n) is 5.30. The number of rotatable bonds is 2. The van der Waals surface area contributed by atoms with Crippen molar-refractivity contribution in [3.8, 4) is 0 Å². The Kier molecular flexibility index (Phi) is 2.73. The molecule has 3 N–H and O–H groups in total. The highest BCUT2D eigenvalue weighted by Gasteiger charge is 2.19. The van der Waals surface area contributed by atoms with Crippen LogP contribution in [0.25, 0.3) is 0 Å². The lowest BCUT2D eigenvalue weighted by Crippen LogP contribution is -2.00. The van der Waals surface area contributed by atoms with Crippen molar-refractivity contribution < 1.29 is 5.11 Å². The maximum atomic E-state index is 9.25.